The Labute approximate surface area is 201 Å². The molecule has 7 nitrogen and oxygen atoms in total. The summed E-state index contributed by atoms with van der Waals surface area (Å²) in [5.41, 5.74) is 5.86. The van der Waals surface area contributed by atoms with E-state index in [1.54, 1.807) is 30.3 Å². The number of carbonyl (C=O) groups excluding carboxylic acids is 1. The van der Waals surface area contributed by atoms with Gasteiger partial charge in [-0.15, -0.1) is 0 Å². The number of hydrogen-bond acceptors (Lipinski definition) is 6. The highest BCUT2D eigenvalue weighted by Gasteiger charge is 2.12. The maximum absolute atomic E-state index is 12.7. The van der Waals surface area contributed by atoms with Gasteiger partial charge in [0.25, 0.3) is 5.91 Å². The van der Waals surface area contributed by atoms with Crippen LogP contribution >= 0.6 is 0 Å². The van der Waals surface area contributed by atoms with Crippen molar-refractivity contribution < 1.29 is 17.9 Å². The number of nitrogens with zero attached hydrogens (tertiary/aromatic N) is 1. The van der Waals surface area contributed by atoms with Gasteiger partial charge in [-0.25, -0.2) is 8.42 Å². The standard InChI is InChI=1S/C26H31N3O4S/c1-18-6-7-19(2)21(14-18)16-33-25-15-22(10-13-24(25)27-17-34(5,31)32)28-26(30)20-8-11-23(12-9-20)29(3)4/h6-15,27H,16-17H2,1-5H3,(H,28,30). The van der Waals surface area contributed by atoms with Gasteiger partial charge in [0, 0.05) is 43.4 Å². The van der Waals surface area contributed by atoms with Crippen molar-refractivity contribution in [3.8, 4) is 5.75 Å². The fourth-order valence-corrected chi connectivity index (χ4v) is 3.72. The van der Waals surface area contributed by atoms with Crippen molar-refractivity contribution in [3.63, 3.8) is 0 Å². The molecule has 0 saturated carbocycles. The average Bonchev–Trinajstić information content (AvgIpc) is 2.78. The van der Waals surface area contributed by atoms with Gasteiger partial charge in [0.05, 0.1) is 5.69 Å². The zero-order chi connectivity index (χ0) is 24.9. The van der Waals surface area contributed by atoms with Gasteiger partial charge in [0.15, 0.2) is 9.84 Å². The summed E-state index contributed by atoms with van der Waals surface area (Å²) in [4.78, 5) is 14.7. The van der Waals surface area contributed by atoms with Crippen LogP contribution in [0.5, 0.6) is 5.75 Å². The largest absolute Gasteiger partial charge is 0.487 e. The maximum atomic E-state index is 12.7. The van der Waals surface area contributed by atoms with Gasteiger partial charge in [-0.3, -0.25) is 4.79 Å². The minimum absolute atomic E-state index is 0.225. The minimum Gasteiger partial charge on any atom is -0.487 e. The first-order valence-corrected chi connectivity index (χ1v) is 12.9. The van der Waals surface area contributed by atoms with Crippen molar-refractivity contribution in [1.82, 2.24) is 0 Å². The Bertz CT molecular complexity index is 1270. The Morgan fingerprint density at radius 1 is 0.971 bits per heavy atom. The third kappa shape index (κ3) is 6.99. The topological polar surface area (TPSA) is 87.7 Å². The van der Waals surface area contributed by atoms with E-state index in [1.165, 1.54) is 0 Å². The number of amides is 1. The van der Waals surface area contributed by atoms with Gasteiger partial charge >= 0.3 is 0 Å². The summed E-state index contributed by atoms with van der Waals surface area (Å²) in [6.45, 7) is 4.34. The number of anilines is 3. The van der Waals surface area contributed by atoms with Crippen molar-refractivity contribution in [2.75, 3.05) is 41.8 Å². The molecule has 0 saturated heterocycles. The van der Waals surface area contributed by atoms with Crippen LogP contribution < -0.4 is 20.3 Å². The van der Waals surface area contributed by atoms with Crippen LogP contribution in [0.1, 0.15) is 27.0 Å². The predicted molar refractivity (Wildman–Crippen MR) is 139 cm³/mol. The second-order valence-electron chi connectivity index (χ2n) is 8.57. The molecule has 34 heavy (non-hydrogen) atoms. The number of ether oxygens (including phenoxy) is 1. The molecule has 0 aliphatic heterocycles. The van der Waals surface area contributed by atoms with Crippen LogP contribution in [0.15, 0.2) is 60.7 Å². The molecule has 0 fully saturated rings. The summed E-state index contributed by atoms with van der Waals surface area (Å²) in [6, 6.07) is 18.5. The first kappa shape index (κ1) is 25.1. The molecule has 8 heteroatoms. The summed E-state index contributed by atoms with van der Waals surface area (Å²) in [5.74, 6) is -0.0236. The highest BCUT2D eigenvalue weighted by Crippen LogP contribution is 2.30. The third-order valence-electron chi connectivity index (χ3n) is 5.30. The van der Waals surface area contributed by atoms with Gasteiger partial charge in [-0.2, -0.15) is 0 Å². The van der Waals surface area contributed by atoms with E-state index < -0.39 is 9.84 Å². The molecular weight excluding hydrogens is 450 g/mol. The van der Waals surface area contributed by atoms with Crippen molar-refractivity contribution in [2.24, 2.45) is 0 Å². The monoisotopic (exact) mass is 481 g/mol. The zero-order valence-corrected chi connectivity index (χ0v) is 21.0. The number of nitrogens with one attached hydrogen (secondary N) is 2. The summed E-state index contributed by atoms with van der Waals surface area (Å²) < 4.78 is 29.4. The van der Waals surface area contributed by atoms with E-state index in [2.05, 4.69) is 16.7 Å². The fraction of sp³-hybridized carbons (Fsp3) is 0.269. The number of hydrogen-bond donors (Lipinski definition) is 2. The van der Waals surface area contributed by atoms with Gasteiger partial charge in [0.2, 0.25) is 0 Å². The summed E-state index contributed by atoms with van der Waals surface area (Å²) in [7, 11) is 0.644. The number of aryl methyl sites for hydroxylation is 2. The molecule has 2 N–H and O–H groups in total. The van der Waals surface area contributed by atoms with Crippen LogP contribution in [0.25, 0.3) is 0 Å². The molecule has 180 valence electrons. The predicted octanol–water partition coefficient (Wildman–Crippen LogP) is 4.61. The van der Waals surface area contributed by atoms with Crippen molar-refractivity contribution in [3.05, 3.63) is 82.9 Å². The van der Waals surface area contributed by atoms with Crippen LogP contribution in [-0.2, 0) is 16.4 Å². The molecule has 0 heterocycles. The van der Waals surface area contributed by atoms with E-state index >= 15 is 0 Å². The van der Waals surface area contributed by atoms with Crippen LogP contribution in [0, 0.1) is 13.8 Å². The molecule has 0 spiro atoms. The molecule has 0 aliphatic rings. The minimum atomic E-state index is -3.23. The van der Waals surface area contributed by atoms with Crippen molar-refractivity contribution in [2.45, 2.75) is 20.5 Å². The normalized spacial score (nSPS) is 11.1. The Morgan fingerprint density at radius 3 is 2.32 bits per heavy atom. The Kier molecular flexibility index (Phi) is 7.83. The molecule has 0 unspecified atom stereocenters. The van der Waals surface area contributed by atoms with Crippen LogP contribution in [0.3, 0.4) is 0 Å². The maximum Gasteiger partial charge on any atom is 0.255 e. The molecule has 3 aromatic rings. The Hall–Kier alpha value is -3.52. The van der Waals surface area contributed by atoms with E-state index in [4.69, 9.17) is 4.74 Å². The first-order valence-electron chi connectivity index (χ1n) is 10.8. The van der Waals surface area contributed by atoms with Gasteiger partial charge < -0.3 is 20.3 Å². The fourth-order valence-electron chi connectivity index (χ4n) is 3.30. The van der Waals surface area contributed by atoms with Gasteiger partial charge in [-0.1, -0.05) is 23.8 Å². The highest BCUT2D eigenvalue weighted by molar-refractivity contribution is 7.90. The molecular formula is C26H31N3O4S. The number of sulfone groups is 1. The van der Waals surface area contributed by atoms with Gasteiger partial charge in [-0.05, 0) is 61.4 Å². The molecule has 3 aromatic carbocycles. The van der Waals surface area contributed by atoms with Crippen LogP contribution in [0.4, 0.5) is 17.1 Å². The molecule has 3 rings (SSSR count). The Balaban J connectivity index is 1.82. The molecule has 0 atom stereocenters. The number of rotatable bonds is 9. The summed E-state index contributed by atoms with van der Waals surface area (Å²) in [5, 5.41) is 5.80. The molecule has 1 amide bonds. The molecule has 0 radical (unpaired) electrons. The summed E-state index contributed by atoms with van der Waals surface area (Å²) in [6.07, 6.45) is 1.16. The third-order valence-corrected chi connectivity index (χ3v) is 5.97. The lowest BCUT2D eigenvalue weighted by molar-refractivity contribution is 0.102. The lowest BCUT2D eigenvalue weighted by atomic mass is 10.1. The second kappa shape index (κ2) is 10.6. The van der Waals surface area contributed by atoms with Crippen LogP contribution in [0.2, 0.25) is 0 Å². The lowest BCUT2D eigenvalue weighted by Gasteiger charge is -2.16. The van der Waals surface area contributed by atoms with Crippen molar-refractivity contribution in [1.29, 1.82) is 0 Å². The summed E-state index contributed by atoms with van der Waals surface area (Å²) >= 11 is 0. The molecule has 0 aliphatic carbocycles. The molecule has 0 bridgehead atoms. The van der Waals surface area contributed by atoms with E-state index in [-0.39, 0.29) is 11.8 Å². The quantitative estimate of drug-likeness (QED) is 0.464. The Morgan fingerprint density at radius 2 is 1.68 bits per heavy atom. The number of benzene rings is 3. The average molecular weight is 482 g/mol. The smallest absolute Gasteiger partial charge is 0.255 e. The molecule has 0 aromatic heterocycles. The second-order valence-corrected chi connectivity index (χ2v) is 10.7. The first-order chi connectivity index (χ1) is 16.0. The highest BCUT2D eigenvalue weighted by atomic mass is 32.2. The zero-order valence-electron chi connectivity index (χ0n) is 20.2. The van der Waals surface area contributed by atoms with Crippen molar-refractivity contribution >= 4 is 32.8 Å². The van der Waals surface area contributed by atoms with E-state index in [9.17, 15) is 13.2 Å². The van der Waals surface area contributed by atoms with E-state index in [1.807, 2.05) is 57.1 Å². The van der Waals surface area contributed by atoms with E-state index in [0.717, 1.165) is 28.6 Å². The van der Waals surface area contributed by atoms with E-state index in [0.29, 0.717) is 29.3 Å². The SMILES string of the molecule is Cc1ccc(C)c(COc2cc(NC(=O)c3ccc(N(C)C)cc3)ccc2NCS(C)(=O)=O)c1. The lowest BCUT2D eigenvalue weighted by Crippen LogP contribution is -2.15. The van der Waals surface area contributed by atoms with Gasteiger partial charge in [0.1, 0.15) is 18.2 Å². The number of carbonyl (C=O) groups is 1. The van der Waals surface area contributed by atoms with Crippen LogP contribution in [-0.4, -0.2) is 40.6 Å².